The van der Waals surface area contributed by atoms with Gasteiger partial charge in [-0.3, -0.25) is 4.79 Å². The second-order valence-corrected chi connectivity index (χ2v) is 5.02. The summed E-state index contributed by atoms with van der Waals surface area (Å²) in [4.78, 5) is 15.2. The van der Waals surface area contributed by atoms with Crippen molar-refractivity contribution in [2.75, 3.05) is 5.73 Å². The molecule has 0 bridgehead atoms. The third-order valence-electron chi connectivity index (χ3n) is 3.29. The van der Waals surface area contributed by atoms with Gasteiger partial charge in [0.1, 0.15) is 11.4 Å². The number of carbonyl (C=O) groups is 1. The van der Waals surface area contributed by atoms with E-state index in [4.69, 9.17) is 20.7 Å². The average Bonchev–Trinajstić information content (AvgIpc) is 3.03. The normalized spacial score (nSPS) is 10.2. The summed E-state index contributed by atoms with van der Waals surface area (Å²) in [6, 6.07) is 8.70. The van der Waals surface area contributed by atoms with E-state index in [1.807, 2.05) is 0 Å². The molecule has 26 heavy (non-hydrogen) atoms. The molecule has 4 N–H and O–H groups in total. The minimum Gasteiger partial charge on any atom is -0.481 e. The van der Waals surface area contributed by atoms with E-state index in [2.05, 4.69) is 10.1 Å². The first-order chi connectivity index (χ1) is 12.0. The maximum atomic E-state index is 14.1. The molecule has 0 radical (unpaired) electrons. The van der Waals surface area contributed by atoms with E-state index in [-0.39, 0.29) is 30.7 Å². The highest BCUT2D eigenvalue weighted by atomic mass is 35.5. The number of nitrogens with two attached hydrogens (primary N) is 2. The third kappa shape index (κ3) is 3.89. The van der Waals surface area contributed by atoms with Gasteiger partial charge in [0.05, 0.1) is 0 Å². The Morgan fingerprint density at radius 3 is 2.50 bits per heavy atom. The van der Waals surface area contributed by atoms with Gasteiger partial charge in [-0.05, 0) is 36.4 Å². The fraction of sp³-hybridized carbons (Fsp3) is 0.0625. The van der Waals surface area contributed by atoms with E-state index >= 15 is 0 Å². The van der Waals surface area contributed by atoms with Crippen molar-refractivity contribution in [3.05, 3.63) is 59.5 Å². The van der Waals surface area contributed by atoms with Crippen LogP contribution in [0.3, 0.4) is 0 Å². The molecule has 0 unspecified atom stereocenters. The van der Waals surface area contributed by atoms with Crippen molar-refractivity contribution in [3.63, 3.8) is 0 Å². The number of hydrogen-bond donors (Lipinski definition) is 2. The molecule has 0 saturated heterocycles. The van der Waals surface area contributed by atoms with Crippen LogP contribution < -0.4 is 16.2 Å². The van der Waals surface area contributed by atoms with Gasteiger partial charge in [-0.15, -0.1) is 12.4 Å². The maximum Gasteiger partial charge on any atom is 0.264 e. The van der Waals surface area contributed by atoms with E-state index in [1.54, 1.807) is 24.3 Å². The molecular weight excluding hydrogens is 370 g/mol. The van der Waals surface area contributed by atoms with E-state index in [9.17, 15) is 13.6 Å². The molecule has 1 aromatic heterocycles. The molecule has 0 saturated carbocycles. The number of amides is 1. The Morgan fingerprint density at radius 1 is 1.15 bits per heavy atom. The molecule has 0 atom stereocenters. The van der Waals surface area contributed by atoms with Crippen LogP contribution in [0.1, 0.15) is 16.2 Å². The SMILES string of the molecule is Cl.NC(=O)c1c(F)ccc(OCc2nc(-c3ccc(N)cc3)no2)c1F. The zero-order valence-corrected chi connectivity index (χ0v) is 13.9. The number of benzene rings is 2. The zero-order valence-electron chi connectivity index (χ0n) is 13.1. The lowest BCUT2D eigenvalue weighted by atomic mass is 10.1. The minimum absolute atomic E-state index is 0. The predicted molar refractivity (Wildman–Crippen MR) is 90.6 cm³/mol. The van der Waals surface area contributed by atoms with Crippen LogP contribution in [0.4, 0.5) is 14.5 Å². The molecule has 3 aromatic rings. The number of aromatic nitrogens is 2. The van der Waals surface area contributed by atoms with Gasteiger partial charge < -0.3 is 20.7 Å². The number of rotatable bonds is 5. The largest absolute Gasteiger partial charge is 0.481 e. The first-order valence-electron chi connectivity index (χ1n) is 7.05. The summed E-state index contributed by atoms with van der Waals surface area (Å²) in [6.45, 7) is -0.275. The molecule has 1 amide bonds. The van der Waals surface area contributed by atoms with Crippen LogP contribution in [0, 0.1) is 11.6 Å². The molecule has 10 heteroatoms. The van der Waals surface area contributed by atoms with Crippen LogP contribution in [-0.2, 0) is 6.61 Å². The van der Waals surface area contributed by atoms with Gasteiger partial charge in [0.2, 0.25) is 5.82 Å². The smallest absolute Gasteiger partial charge is 0.264 e. The molecule has 0 aliphatic carbocycles. The van der Waals surface area contributed by atoms with E-state index in [0.29, 0.717) is 17.1 Å². The second kappa shape index (κ2) is 7.79. The molecule has 0 spiro atoms. The first-order valence-corrected chi connectivity index (χ1v) is 7.05. The van der Waals surface area contributed by atoms with Crippen LogP contribution >= 0.6 is 12.4 Å². The maximum absolute atomic E-state index is 14.1. The average molecular weight is 383 g/mol. The van der Waals surface area contributed by atoms with Gasteiger partial charge in [0.25, 0.3) is 11.8 Å². The summed E-state index contributed by atoms with van der Waals surface area (Å²) in [5.41, 5.74) is 10.9. The van der Waals surface area contributed by atoms with Gasteiger partial charge in [-0.25, -0.2) is 8.78 Å². The fourth-order valence-electron chi connectivity index (χ4n) is 2.07. The lowest BCUT2D eigenvalue weighted by Gasteiger charge is -2.07. The van der Waals surface area contributed by atoms with E-state index in [0.717, 1.165) is 12.1 Å². The van der Waals surface area contributed by atoms with Crippen LogP contribution in [0.5, 0.6) is 5.75 Å². The van der Waals surface area contributed by atoms with Crippen molar-refractivity contribution in [2.24, 2.45) is 5.73 Å². The van der Waals surface area contributed by atoms with Gasteiger partial charge in [0, 0.05) is 11.3 Å². The number of hydrogen-bond acceptors (Lipinski definition) is 6. The molecule has 7 nitrogen and oxygen atoms in total. The monoisotopic (exact) mass is 382 g/mol. The van der Waals surface area contributed by atoms with Gasteiger partial charge in [-0.2, -0.15) is 4.98 Å². The number of primary amides is 1. The number of nitrogen functional groups attached to an aromatic ring is 1. The topological polar surface area (TPSA) is 117 Å². The lowest BCUT2D eigenvalue weighted by molar-refractivity contribution is 0.0991. The van der Waals surface area contributed by atoms with Crippen molar-refractivity contribution in [1.82, 2.24) is 10.1 Å². The minimum atomic E-state index is -1.23. The molecule has 1 heterocycles. The number of ether oxygens (including phenoxy) is 1. The van der Waals surface area contributed by atoms with Crippen molar-refractivity contribution in [2.45, 2.75) is 6.61 Å². The highest BCUT2D eigenvalue weighted by Gasteiger charge is 2.20. The number of nitrogens with zero attached hydrogens (tertiary/aromatic N) is 2. The quantitative estimate of drug-likeness (QED) is 0.655. The third-order valence-corrected chi connectivity index (χ3v) is 3.29. The van der Waals surface area contributed by atoms with Crippen molar-refractivity contribution in [3.8, 4) is 17.1 Å². The molecular formula is C16H13ClF2N4O3. The summed E-state index contributed by atoms with van der Waals surface area (Å²) < 4.78 is 37.6. The molecule has 0 aliphatic rings. The van der Waals surface area contributed by atoms with E-state index in [1.165, 1.54) is 0 Å². The van der Waals surface area contributed by atoms with Crippen molar-refractivity contribution in [1.29, 1.82) is 0 Å². The lowest BCUT2D eigenvalue weighted by Crippen LogP contribution is -2.16. The standard InChI is InChI=1S/C16H12F2N4O3.ClH/c17-10-5-6-11(14(18)13(10)15(20)23)24-7-12-21-16(22-25-12)8-1-3-9(19)4-2-8;/h1-6H,7,19H2,(H2,20,23);1H. The van der Waals surface area contributed by atoms with Crippen LogP contribution in [0.2, 0.25) is 0 Å². The zero-order chi connectivity index (χ0) is 18.0. The molecule has 0 aliphatic heterocycles. The Morgan fingerprint density at radius 2 is 1.85 bits per heavy atom. The van der Waals surface area contributed by atoms with Crippen LogP contribution in [0.25, 0.3) is 11.4 Å². The van der Waals surface area contributed by atoms with Crippen molar-refractivity contribution >= 4 is 24.0 Å². The fourth-order valence-corrected chi connectivity index (χ4v) is 2.07. The molecule has 3 rings (SSSR count). The molecule has 136 valence electrons. The summed E-state index contributed by atoms with van der Waals surface area (Å²) in [5.74, 6) is -3.48. The predicted octanol–water partition coefficient (Wildman–Crippen LogP) is 2.70. The van der Waals surface area contributed by atoms with Crippen molar-refractivity contribution < 1.29 is 22.8 Å². The number of carbonyl (C=O) groups excluding carboxylic acids is 1. The Kier molecular flexibility index (Phi) is 5.73. The Labute approximate surface area is 152 Å². The Balaban J connectivity index is 0.00000243. The summed E-state index contributed by atoms with van der Waals surface area (Å²) >= 11 is 0. The van der Waals surface area contributed by atoms with E-state index < -0.39 is 23.1 Å². The van der Waals surface area contributed by atoms with Gasteiger partial charge in [-0.1, -0.05) is 5.16 Å². The summed E-state index contributed by atoms with van der Waals surface area (Å²) in [5, 5.41) is 3.78. The Hall–Kier alpha value is -3.20. The van der Waals surface area contributed by atoms with Crippen LogP contribution in [-0.4, -0.2) is 16.0 Å². The summed E-state index contributed by atoms with van der Waals surface area (Å²) in [6.07, 6.45) is 0. The van der Waals surface area contributed by atoms with Crippen LogP contribution in [0.15, 0.2) is 40.9 Å². The first kappa shape index (κ1) is 19.1. The second-order valence-electron chi connectivity index (χ2n) is 5.02. The number of anilines is 1. The highest BCUT2D eigenvalue weighted by molar-refractivity contribution is 5.93. The molecule has 0 fully saturated rings. The summed E-state index contributed by atoms with van der Waals surface area (Å²) in [7, 11) is 0. The van der Waals surface area contributed by atoms with Gasteiger partial charge >= 0.3 is 0 Å². The Bertz CT molecular complexity index is 932. The highest BCUT2D eigenvalue weighted by Crippen LogP contribution is 2.24. The number of halogens is 3. The van der Waals surface area contributed by atoms with Gasteiger partial charge in [0.15, 0.2) is 18.2 Å². The molecule has 2 aromatic carbocycles.